The summed E-state index contributed by atoms with van der Waals surface area (Å²) in [5.41, 5.74) is 5.76. The van der Waals surface area contributed by atoms with Gasteiger partial charge in [-0.05, 0) is 43.7 Å². The van der Waals surface area contributed by atoms with Crippen LogP contribution >= 0.6 is 11.3 Å². The molecule has 0 radical (unpaired) electrons. The average molecular weight is 225 g/mol. The first kappa shape index (κ1) is 11.1. The van der Waals surface area contributed by atoms with Crippen LogP contribution in [0.15, 0.2) is 17.5 Å². The van der Waals surface area contributed by atoms with Crippen LogP contribution in [0.25, 0.3) is 0 Å². The highest BCUT2D eigenvalue weighted by molar-refractivity contribution is 7.09. The third kappa shape index (κ3) is 2.80. The van der Waals surface area contributed by atoms with Gasteiger partial charge in [-0.3, -0.25) is 0 Å². The highest BCUT2D eigenvalue weighted by atomic mass is 32.1. The molecule has 0 saturated heterocycles. The van der Waals surface area contributed by atoms with Gasteiger partial charge >= 0.3 is 0 Å². The van der Waals surface area contributed by atoms with Crippen molar-refractivity contribution >= 4 is 11.3 Å². The smallest absolute Gasteiger partial charge is 0.0694 e. The maximum Gasteiger partial charge on any atom is 0.0694 e. The zero-order valence-electron chi connectivity index (χ0n) is 9.08. The van der Waals surface area contributed by atoms with Crippen molar-refractivity contribution in [2.24, 2.45) is 5.73 Å². The average Bonchev–Trinajstić information content (AvgIpc) is 2.67. The van der Waals surface area contributed by atoms with E-state index in [0.717, 1.165) is 26.0 Å². The molecule has 1 aromatic rings. The predicted octanol–water partition coefficient (Wildman–Crippen LogP) is 2.58. The van der Waals surface area contributed by atoms with Crippen molar-refractivity contribution in [1.82, 2.24) is 0 Å². The van der Waals surface area contributed by atoms with Crippen molar-refractivity contribution in [3.8, 4) is 0 Å². The molecule has 0 atom stereocenters. The minimum atomic E-state index is 0.145. The lowest BCUT2D eigenvalue weighted by atomic mass is 9.77. The maximum absolute atomic E-state index is 6.01. The molecule has 2 nitrogen and oxygen atoms in total. The number of ether oxygens (including phenoxy) is 1. The topological polar surface area (TPSA) is 35.2 Å². The van der Waals surface area contributed by atoms with Crippen LogP contribution in [-0.2, 0) is 11.2 Å². The van der Waals surface area contributed by atoms with Crippen LogP contribution < -0.4 is 5.73 Å². The Morgan fingerprint density at radius 1 is 1.47 bits per heavy atom. The molecule has 1 aliphatic rings. The van der Waals surface area contributed by atoms with Crippen molar-refractivity contribution < 1.29 is 4.74 Å². The van der Waals surface area contributed by atoms with Crippen LogP contribution in [0.5, 0.6) is 0 Å². The number of thiophene rings is 1. The van der Waals surface area contributed by atoms with E-state index < -0.39 is 0 Å². The molecule has 3 heteroatoms. The zero-order valence-corrected chi connectivity index (χ0v) is 9.89. The maximum atomic E-state index is 6.01. The molecular weight excluding hydrogens is 206 g/mol. The lowest BCUT2D eigenvalue weighted by Crippen LogP contribution is -2.42. The molecule has 1 aromatic heterocycles. The molecule has 0 unspecified atom stereocenters. The molecule has 1 heterocycles. The second-order valence-electron chi connectivity index (χ2n) is 4.25. The lowest BCUT2D eigenvalue weighted by molar-refractivity contribution is -0.102. The Balaban J connectivity index is 1.72. The molecule has 1 aliphatic carbocycles. The number of nitrogens with two attached hydrogens (primary N) is 1. The first-order chi connectivity index (χ1) is 7.35. The van der Waals surface area contributed by atoms with Gasteiger partial charge in [0.05, 0.1) is 12.2 Å². The Bertz CT molecular complexity index is 280. The summed E-state index contributed by atoms with van der Waals surface area (Å²) in [6, 6.07) is 4.27. The Morgan fingerprint density at radius 3 is 2.87 bits per heavy atom. The van der Waals surface area contributed by atoms with Gasteiger partial charge in [0, 0.05) is 11.3 Å². The number of hydrogen-bond acceptors (Lipinski definition) is 3. The van der Waals surface area contributed by atoms with Crippen LogP contribution in [0.1, 0.15) is 30.6 Å². The van der Waals surface area contributed by atoms with Crippen molar-refractivity contribution in [1.29, 1.82) is 0 Å². The van der Waals surface area contributed by atoms with E-state index in [1.807, 2.05) is 11.3 Å². The largest absolute Gasteiger partial charge is 0.375 e. The molecular formula is C12H19NOS. The van der Waals surface area contributed by atoms with E-state index in [2.05, 4.69) is 17.5 Å². The normalized spacial score (nSPS) is 18.7. The van der Waals surface area contributed by atoms with Gasteiger partial charge in [-0.1, -0.05) is 6.07 Å². The van der Waals surface area contributed by atoms with E-state index in [9.17, 15) is 0 Å². The van der Waals surface area contributed by atoms with E-state index >= 15 is 0 Å². The van der Waals surface area contributed by atoms with Gasteiger partial charge in [-0.25, -0.2) is 0 Å². The highest BCUT2D eigenvalue weighted by Crippen LogP contribution is 2.38. The van der Waals surface area contributed by atoms with Gasteiger partial charge in [0.25, 0.3) is 0 Å². The Kier molecular flexibility index (Phi) is 3.78. The molecule has 2 rings (SSSR count). The summed E-state index contributed by atoms with van der Waals surface area (Å²) < 4.78 is 6.01. The van der Waals surface area contributed by atoms with E-state index in [-0.39, 0.29) is 5.60 Å². The van der Waals surface area contributed by atoms with Crippen LogP contribution in [0, 0.1) is 0 Å². The fourth-order valence-corrected chi connectivity index (χ4v) is 2.81. The summed E-state index contributed by atoms with van der Waals surface area (Å²) in [4.78, 5) is 1.41. The molecule has 0 bridgehead atoms. The first-order valence-electron chi connectivity index (χ1n) is 5.71. The third-order valence-electron chi connectivity index (χ3n) is 3.20. The monoisotopic (exact) mass is 225 g/mol. The van der Waals surface area contributed by atoms with Crippen LogP contribution in [0.2, 0.25) is 0 Å². The number of hydrogen-bond donors (Lipinski definition) is 1. The summed E-state index contributed by atoms with van der Waals surface area (Å²) >= 11 is 1.81. The molecule has 2 N–H and O–H groups in total. The van der Waals surface area contributed by atoms with E-state index in [1.54, 1.807) is 0 Å². The molecule has 15 heavy (non-hydrogen) atoms. The second kappa shape index (κ2) is 5.10. The molecule has 1 saturated carbocycles. The minimum absolute atomic E-state index is 0.145. The van der Waals surface area contributed by atoms with Crippen LogP contribution in [0.4, 0.5) is 0 Å². The van der Waals surface area contributed by atoms with Gasteiger partial charge in [0.2, 0.25) is 0 Å². The van der Waals surface area contributed by atoms with Gasteiger partial charge in [0.1, 0.15) is 0 Å². The van der Waals surface area contributed by atoms with Crippen molar-refractivity contribution in [3.63, 3.8) is 0 Å². The molecule has 0 amide bonds. The van der Waals surface area contributed by atoms with Crippen molar-refractivity contribution in [3.05, 3.63) is 22.4 Å². The quantitative estimate of drug-likeness (QED) is 0.807. The summed E-state index contributed by atoms with van der Waals surface area (Å²) in [5.74, 6) is 0. The molecule has 1 fully saturated rings. The Hall–Kier alpha value is -0.380. The standard InChI is InChI=1S/C12H19NOS/c13-8-7-12(5-2-6-12)14-9-4-11-3-1-10-15-11/h1,3,10H,2,4-9,13H2. The molecule has 0 aliphatic heterocycles. The molecule has 0 aromatic carbocycles. The van der Waals surface area contributed by atoms with E-state index in [0.29, 0.717) is 0 Å². The van der Waals surface area contributed by atoms with Gasteiger partial charge < -0.3 is 10.5 Å². The summed E-state index contributed by atoms with van der Waals surface area (Å²) in [6.07, 6.45) is 5.78. The van der Waals surface area contributed by atoms with Gasteiger partial charge in [-0.15, -0.1) is 11.3 Å². The molecule has 0 spiro atoms. The summed E-state index contributed by atoms with van der Waals surface area (Å²) in [5, 5.41) is 2.12. The minimum Gasteiger partial charge on any atom is -0.375 e. The first-order valence-corrected chi connectivity index (χ1v) is 6.59. The van der Waals surface area contributed by atoms with Crippen LogP contribution in [-0.4, -0.2) is 18.8 Å². The fraction of sp³-hybridized carbons (Fsp3) is 0.667. The Morgan fingerprint density at radius 2 is 2.33 bits per heavy atom. The summed E-state index contributed by atoms with van der Waals surface area (Å²) in [7, 11) is 0. The van der Waals surface area contributed by atoms with Crippen molar-refractivity contribution in [2.45, 2.75) is 37.7 Å². The SMILES string of the molecule is NCCC1(OCCc2cccs2)CCC1. The van der Waals surface area contributed by atoms with Crippen LogP contribution in [0.3, 0.4) is 0 Å². The van der Waals surface area contributed by atoms with Crippen molar-refractivity contribution in [2.75, 3.05) is 13.2 Å². The predicted molar refractivity (Wildman–Crippen MR) is 64.2 cm³/mol. The lowest BCUT2D eigenvalue weighted by Gasteiger charge is -2.41. The van der Waals surface area contributed by atoms with E-state index in [1.165, 1.54) is 24.1 Å². The fourth-order valence-electron chi connectivity index (χ4n) is 2.12. The van der Waals surface area contributed by atoms with Gasteiger partial charge in [-0.2, -0.15) is 0 Å². The Labute approximate surface area is 95.4 Å². The molecule has 84 valence electrons. The van der Waals surface area contributed by atoms with Gasteiger partial charge in [0.15, 0.2) is 0 Å². The third-order valence-corrected chi connectivity index (χ3v) is 4.14. The second-order valence-corrected chi connectivity index (χ2v) is 5.29. The summed E-state index contributed by atoms with van der Waals surface area (Å²) in [6.45, 7) is 1.60. The number of rotatable bonds is 6. The van der Waals surface area contributed by atoms with E-state index in [4.69, 9.17) is 10.5 Å². The highest BCUT2D eigenvalue weighted by Gasteiger charge is 2.36. The zero-order chi connectivity index (χ0) is 10.6.